The third-order valence-corrected chi connectivity index (χ3v) is 3.52. The van der Waals surface area contributed by atoms with Crippen LogP contribution in [0.2, 0.25) is 0 Å². The molecule has 23 heavy (non-hydrogen) atoms. The molecule has 0 fully saturated rings. The number of nitrogens with one attached hydrogen (secondary N) is 1. The summed E-state index contributed by atoms with van der Waals surface area (Å²) in [6.45, 7) is -0.107. The summed E-state index contributed by atoms with van der Waals surface area (Å²) >= 11 is 3.20. The quantitative estimate of drug-likeness (QED) is 0.768. The first kappa shape index (κ1) is 17.3. The van der Waals surface area contributed by atoms with E-state index in [0.717, 1.165) is 6.07 Å². The van der Waals surface area contributed by atoms with Crippen molar-refractivity contribution in [3.05, 3.63) is 63.4 Å². The third-order valence-electron chi connectivity index (χ3n) is 3.02. The van der Waals surface area contributed by atoms with Gasteiger partial charge in [0.25, 0.3) is 5.91 Å². The highest BCUT2D eigenvalue weighted by Crippen LogP contribution is 2.30. The zero-order valence-electron chi connectivity index (χ0n) is 11.4. The van der Waals surface area contributed by atoms with Crippen LogP contribution < -0.4 is 5.32 Å². The molecule has 2 rings (SSSR count). The number of amides is 1. The van der Waals surface area contributed by atoms with Crippen molar-refractivity contribution in [2.24, 2.45) is 0 Å². The summed E-state index contributed by atoms with van der Waals surface area (Å²) in [5, 5.41) is 12.0. The average Bonchev–Trinajstić information content (AvgIpc) is 2.46. The fourth-order valence-electron chi connectivity index (χ4n) is 1.84. The summed E-state index contributed by atoms with van der Waals surface area (Å²) in [7, 11) is 0. The standard InChI is InChI=1S/C15H10BrF4NO2/c16-10-2-4-13(22)8(5-10)7-21-14(23)11-3-1-9(6-12(11)17)15(18,19)20/h1-6,22H,7H2,(H,21,23). The number of carbonyl (C=O) groups is 1. The van der Waals surface area contributed by atoms with E-state index in [9.17, 15) is 27.5 Å². The maximum absolute atomic E-state index is 13.7. The minimum atomic E-state index is -4.68. The van der Waals surface area contributed by atoms with E-state index in [1.165, 1.54) is 6.07 Å². The average molecular weight is 392 g/mol. The first-order valence-electron chi connectivity index (χ1n) is 6.31. The van der Waals surface area contributed by atoms with Gasteiger partial charge in [-0.15, -0.1) is 0 Å². The van der Waals surface area contributed by atoms with Crippen LogP contribution in [0.5, 0.6) is 5.75 Å². The van der Waals surface area contributed by atoms with Gasteiger partial charge >= 0.3 is 6.18 Å². The summed E-state index contributed by atoms with van der Waals surface area (Å²) < 4.78 is 51.7. The van der Waals surface area contributed by atoms with Crippen molar-refractivity contribution in [2.75, 3.05) is 0 Å². The number of phenols is 1. The van der Waals surface area contributed by atoms with Gasteiger partial charge in [0.1, 0.15) is 11.6 Å². The molecule has 8 heteroatoms. The van der Waals surface area contributed by atoms with Crippen LogP contribution in [0.4, 0.5) is 17.6 Å². The van der Waals surface area contributed by atoms with Gasteiger partial charge in [-0.25, -0.2) is 4.39 Å². The summed E-state index contributed by atoms with van der Waals surface area (Å²) in [6.07, 6.45) is -4.68. The lowest BCUT2D eigenvalue weighted by atomic mass is 10.1. The maximum atomic E-state index is 13.7. The SMILES string of the molecule is O=C(NCc1cc(Br)ccc1O)c1ccc(C(F)(F)F)cc1F. The van der Waals surface area contributed by atoms with Crippen LogP contribution in [0.1, 0.15) is 21.5 Å². The Hall–Kier alpha value is -2.09. The highest BCUT2D eigenvalue weighted by atomic mass is 79.9. The Bertz CT molecular complexity index is 747. The zero-order chi connectivity index (χ0) is 17.2. The molecule has 2 N–H and O–H groups in total. The molecule has 0 saturated heterocycles. The van der Waals surface area contributed by atoms with Crippen LogP contribution in [-0.4, -0.2) is 11.0 Å². The molecule has 2 aromatic rings. The first-order chi connectivity index (χ1) is 10.7. The van der Waals surface area contributed by atoms with E-state index < -0.39 is 29.0 Å². The Labute approximate surface area is 137 Å². The summed E-state index contributed by atoms with van der Waals surface area (Å²) in [5.41, 5.74) is -1.30. The van der Waals surface area contributed by atoms with Crippen molar-refractivity contribution in [2.45, 2.75) is 12.7 Å². The smallest absolute Gasteiger partial charge is 0.416 e. The molecule has 0 aliphatic rings. The van der Waals surface area contributed by atoms with E-state index in [4.69, 9.17) is 0 Å². The van der Waals surface area contributed by atoms with Gasteiger partial charge in [-0.05, 0) is 36.4 Å². The van der Waals surface area contributed by atoms with Crippen LogP contribution in [0.15, 0.2) is 40.9 Å². The van der Waals surface area contributed by atoms with E-state index in [2.05, 4.69) is 21.2 Å². The normalized spacial score (nSPS) is 11.3. The fourth-order valence-corrected chi connectivity index (χ4v) is 2.25. The second-order valence-corrected chi connectivity index (χ2v) is 5.56. The number of phenolic OH excluding ortho intramolecular Hbond substituents is 1. The number of hydrogen-bond donors (Lipinski definition) is 2. The lowest BCUT2D eigenvalue weighted by molar-refractivity contribution is -0.137. The molecule has 0 aliphatic heterocycles. The molecule has 2 aromatic carbocycles. The molecule has 0 bridgehead atoms. The molecule has 0 unspecified atom stereocenters. The second kappa shape index (κ2) is 6.57. The zero-order valence-corrected chi connectivity index (χ0v) is 13.0. The third kappa shape index (κ3) is 4.22. The molecule has 0 heterocycles. The molecular weight excluding hydrogens is 382 g/mol. The van der Waals surface area contributed by atoms with E-state index in [1.807, 2.05) is 0 Å². The number of carbonyl (C=O) groups excluding carboxylic acids is 1. The van der Waals surface area contributed by atoms with E-state index in [-0.39, 0.29) is 18.4 Å². The molecule has 0 spiro atoms. The Kier molecular flexibility index (Phi) is 4.93. The van der Waals surface area contributed by atoms with Crippen LogP contribution in [0, 0.1) is 5.82 Å². The number of benzene rings is 2. The van der Waals surface area contributed by atoms with Crippen molar-refractivity contribution in [3.63, 3.8) is 0 Å². The van der Waals surface area contributed by atoms with Crippen molar-refractivity contribution in [1.29, 1.82) is 0 Å². The Balaban J connectivity index is 2.14. The summed E-state index contributed by atoms with van der Waals surface area (Å²) in [5.74, 6) is -2.22. The van der Waals surface area contributed by atoms with Gasteiger partial charge in [-0.1, -0.05) is 15.9 Å². The highest BCUT2D eigenvalue weighted by molar-refractivity contribution is 9.10. The van der Waals surface area contributed by atoms with Crippen molar-refractivity contribution in [1.82, 2.24) is 5.32 Å². The molecule has 0 aromatic heterocycles. The van der Waals surface area contributed by atoms with Gasteiger partial charge in [-0.3, -0.25) is 4.79 Å². The monoisotopic (exact) mass is 391 g/mol. The van der Waals surface area contributed by atoms with Crippen LogP contribution in [0.25, 0.3) is 0 Å². The molecule has 0 aliphatic carbocycles. The Morgan fingerprint density at radius 3 is 2.48 bits per heavy atom. The number of alkyl halides is 3. The van der Waals surface area contributed by atoms with Crippen molar-refractivity contribution >= 4 is 21.8 Å². The molecule has 122 valence electrons. The number of aromatic hydroxyl groups is 1. The molecule has 1 amide bonds. The summed E-state index contributed by atoms with van der Waals surface area (Å²) in [6, 6.07) is 6.23. The first-order valence-corrected chi connectivity index (χ1v) is 7.10. The predicted octanol–water partition coefficient (Wildman–Crippen LogP) is 4.24. The van der Waals surface area contributed by atoms with Crippen LogP contribution in [-0.2, 0) is 12.7 Å². The second-order valence-electron chi connectivity index (χ2n) is 4.65. The van der Waals surface area contributed by atoms with Gasteiger partial charge in [0, 0.05) is 16.6 Å². The Morgan fingerprint density at radius 1 is 1.17 bits per heavy atom. The number of hydrogen-bond acceptors (Lipinski definition) is 2. The van der Waals surface area contributed by atoms with Gasteiger partial charge in [-0.2, -0.15) is 13.2 Å². The van der Waals surface area contributed by atoms with Crippen LogP contribution >= 0.6 is 15.9 Å². The number of rotatable bonds is 3. The lowest BCUT2D eigenvalue weighted by Crippen LogP contribution is -2.24. The molecular formula is C15H10BrF4NO2. The predicted molar refractivity (Wildman–Crippen MR) is 78.4 cm³/mol. The molecule has 0 atom stereocenters. The minimum absolute atomic E-state index is 0.0682. The van der Waals surface area contributed by atoms with E-state index >= 15 is 0 Å². The Morgan fingerprint density at radius 2 is 1.87 bits per heavy atom. The van der Waals surface area contributed by atoms with E-state index in [0.29, 0.717) is 16.1 Å². The highest BCUT2D eigenvalue weighted by Gasteiger charge is 2.31. The molecule has 3 nitrogen and oxygen atoms in total. The van der Waals surface area contributed by atoms with Crippen molar-refractivity contribution < 1.29 is 27.5 Å². The van der Waals surface area contributed by atoms with Gasteiger partial charge < -0.3 is 10.4 Å². The van der Waals surface area contributed by atoms with Gasteiger partial charge in [0.15, 0.2) is 0 Å². The topological polar surface area (TPSA) is 49.3 Å². The minimum Gasteiger partial charge on any atom is -0.508 e. The van der Waals surface area contributed by atoms with Crippen molar-refractivity contribution in [3.8, 4) is 5.75 Å². The molecule has 0 radical (unpaired) electrons. The van der Waals surface area contributed by atoms with Crippen LogP contribution in [0.3, 0.4) is 0 Å². The molecule has 0 saturated carbocycles. The number of halogens is 5. The van der Waals surface area contributed by atoms with Gasteiger partial charge in [0.05, 0.1) is 11.1 Å². The van der Waals surface area contributed by atoms with Gasteiger partial charge in [0.2, 0.25) is 0 Å². The largest absolute Gasteiger partial charge is 0.508 e. The lowest BCUT2D eigenvalue weighted by Gasteiger charge is -2.10. The maximum Gasteiger partial charge on any atom is 0.416 e. The summed E-state index contributed by atoms with van der Waals surface area (Å²) in [4.78, 5) is 11.9. The fraction of sp³-hybridized carbons (Fsp3) is 0.133. The van der Waals surface area contributed by atoms with E-state index in [1.54, 1.807) is 12.1 Å².